The van der Waals surface area contributed by atoms with E-state index in [0.29, 0.717) is 29.8 Å². The van der Waals surface area contributed by atoms with Gasteiger partial charge in [0.25, 0.3) is 0 Å². The number of nitrogens with two attached hydrogens (primary N) is 1. The fourth-order valence-corrected chi connectivity index (χ4v) is 4.53. The minimum absolute atomic E-state index is 0.0422. The van der Waals surface area contributed by atoms with Crippen molar-refractivity contribution in [1.82, 2.24) is 15.2 Å². The van der Waals surface area contributed by atoms with Crippen molar-refractivity contribution in [3.63, 3.8) is 0 Å². The van der Waals surface area contributed by atoms with E-state index >= 15 is 0 Å². The molecule has 0 fully saturated rings. The molecule has 0 amide bonds. The standard InChI is InChI=1S/C24H20N6O/c25-12-17-21(18-14-28-29-23(18)15-6-2-1-3-7-15)22-19(9-4-10-20(22)31)30(24(17)26)16-8-5-11-27-13-16/h1-3,5-8,11,13-14,21H,4,9-10,26H2,(H,28,29)/t21-/m0/s1. The zero-order valence-electron chi connectivity index (χ0n) is 16.7. The molecule has 152 valence electrons. The first-order chi connectivity index (χ1) is 15.2. The number of aromatic nitrogens is 3. The second-order valence-electron chi connectivity index (χ2n) is 7.59. The van der Waals surface area contributed by atoms with Crippen molar-refractivity contribution in [3.05, 3.63) is 89.3 Å². The van der Waals surface area contributed by atoms with Gasteiger partial charge in [0.1, 0.15) is 5.82 Å². The minimum atomic E-state index is -0.560. The maximum Gasteiger partial charge on any atom is 0.161 e. The van der Waals surface area contributed by atoms with E-state index in [-0.39, 0.29) is 5.78 Å². The van der Waals surface area contributed by atoms with Crippen molar-refractivity contribution < 1.29 is 4.79 Å². The topological polar surface area (TPSA) is 112 Å². The van der Waals surface area contributed by atoms with Gasteiger partial charge in [0.05, 0.1) is 41.3 Å². The van der Waals surface area contributed by atoms with Crippen LogP contribution < -0.4 is 10.6 Å². The van der Waals surface area contributed by atoms with Gasteiger partial charge in [-0.15, -0.1) is 0 Å². The molecule has 0 saturated carbocycles. The molecule has 0 saturated heterocycles. The van der Waals surface area contributed by atoms with Gasteiger partial charge in [-0.1, -0.05) is 30.3 Å². The molecule has 1 aliphatic heterocycles. The van der Waals surface area contributed by atoms with Crippen molar-refractivity contribution in [2.75, 3.05) is 4.90 Å². The number of nitrogens with one attached hydrogen (secondary N) is 1. The molecule has 0 radical (unpaired) electrons. The number of carbonyl (C=O) groups is 1. The Morgan fingerprint density at radius 3 is 2.71 bits per heavy atom. The molecule has 3 aromatic rings. The summed E-state index contributed by atoms with van der Waals surface area (Å²) in [5.41, 5.74) is 11.6. The average molecular weight is 408 g/mol. The number of nitrogens with zero attached hydrogens (tertiary/aromatic N) is 4. The van der Waals surface area contributed by atoms with Gasteiger partial charge >= 0.3 is 0 Å². The maximum atomic E-state index is 13.2. The van der Waals surface area contributed by atoms with Crippen LogP contribution >= 0.6 is 0 Å². The molecule has 31 heavy (non-hydrogen) atoms. The number of Topliss-reactive ketones (excluding diaryl/α,β-unsaturated/α-hetero) is 1. The van der Waals surface area contributed by atoms with Gasteiger partial charge in [-0.3, -0.25) is 19.8 Å². The molecular formula is C24H20N6O. The summed E-state index contributed by atoms with van der Waals surface area (Å²) in [6.45, 7) is 0. The predicted octanol–water partition coefficient (Wildman–Crippen LogP) is 3.78. The molecule has 1 aliphatic carbocycles. The van der Waals surface area contributed by atoms with Crippen LogP contribution in [0.2, 0.25) is 0 Å². The summed E-state index contributed by atoms with van der Waals surface area (Å²) in [6.07, 6.45) is 6.97. The summed E-state index contributed by atoms with van der Waals surface area (Å²) in [6, 6.07) is 15.7. The van der Waals surface area contributed by atoms with E-state index in [1.165, 1.54) is 0 Å². The number of allylic oxidation sites excluding steroid dienone is 3. The lowest BCUT2D eigenvalue weighted by molar-refractivity contribution is -0.116. The lowest BCUT2D eigenvalue weighted by atomic mass is 9.75. The van der Waals surface area contributed by atoms with Crippen LogP contribution in [0, 0.1) is 11.3 Å². The number of hydrogen-bond acceptors (Lipinski definition) is 6. The number of hydrogen-bond donors (Lipinski definition) is 2. The van der Waals surface area contributed by atoms with Crippen LogP contribution in [0.1, 0.15) is 30.7 Å². The van der Waals surface area contributed by atoms with E-state index in [1.807, 2.05) is 47.4 Å². The number of benzene rings is 1. The summed E-state index contributed by atoms with van der Waals surface area (Å²) in [4.78, 5) is 19.2. The van der Waals surface area contributed by atoms with Crippen LogP contribution in [0.25, 0.3) is 11.3 Å². The summed E-state index contributed by atoms with van der Waals surface area (Å²) < 4.78 is 0. The molecule has 1 aromatic carbocycles. The fraction of sp³-hybridized carbons (Fsp3) is 0.167. The van der Waals surface area contributed by atoms with Crippen LogP contribution in [-0.2, 0) is 4.79 Å². The van der Waals surface area contributed by atoms with Crippen LogP contribution in [0.4, 0.5) is 5.69 Å². The van der Waals surface area contributed by atoms with Crippen LogP contribution in [-0.4, -0.2) is 21.0 Å². The van der Waals surface area contributed by atoms with E-state index < -0.39 is 5.92 Å². The van der Waals surface area contributed by atoms with Crippen LogP contribution in [0.5, 0.6) is 0 Å². The SMILES string of the molecule is N#CC1=C(N)N(c2cccnc2)C2=C(C(=O)CCC2)[C@@H]1c1cn[nH]c1-c1ccccc1. The third-order valence-corrected chi connectivity index (χ3v) is 5.86. The molecular weight excluding hydrogens is 388 g/mol. The second kappa shape index (κ2) is 7.58. The van der Waals surface area contributed by atoms with Crippen LogP contribution in [0.15, 0.2) is 83.7 Å². The summed E-state index contributed by atoms with van der Waals surface area (Å²) in [7, 11) is 0. The first-order valence-corrected chi connectivity index (χ1v) is 10.2. The molecule has 2 aromatic heterocycles. The number of carbonyl (C=O) groups excluding carboxylic acids is 1. The van der Waals surface area contributed by atoms with E-state index in [4.69, 9.17) is 5.73 Å². The number of aromatic amines is 1. The summed E-state index contributed by atoms with van der Waals surface area (Å²) in [5, 5.41) is 17.4. The lowest BCUT2D eigenvalue weighted by Crippen LogP contribution is -2.38. The van der Waals surface area contributed by atoms with E-state index in [2.05, 4.69) is 21.3 Å². The molecule has 0 unspecified atom stereocenters. The number of anilines is 1. The van der Waals surface area contributed by atoms with Crippen molar-refractivity contribution in [2.45, 2.75) is 25.2 Å². The molecule has 5 rings (SSSR count). The maximum absolute atomic E-state index is 13.2. The second-order valence-corrected chi connectivity index (χ2v) is 7.59. The van der Waals surface area contributed by atoms with E-state index in [1.54, 1.807) is 18.6 Å². The zero-order valence-corrected chi connectivity index (χ0v) is 16.7. The molecule has 0 spiro atoms. The predicted molar refractivity (Wildman–Crippen MR) is 116 cm³/mol. The first kappa shape index (κ1) is 18.8. The largest absolute Gasteiger partial charge is 0.384 e. The molecule has 3 N–H and O–H groups in total. The Morgan fingerprint density at radius 1 is 1.13 bits per heavy atom. The number of pyridine rings is 1. The Labute approximate surface area is 179 Å². The quantitative estimate of drug-likeness (QED) is 0.682. The zero-order chi connectivity index (χ0) is 21.4. The highest BCUT2D eigenvalue weighted by atomic mass is 16.1. The van der Waals surface area contributed by atoms with Gasteiger partial charge in [0.2, 0.25) is 0 Å². The number of nitriles is 1. The van der Waals surface area contributed by atoms with Crippen molar-refractivity contribution in [3.8, 4) is 17.3 Å². The van der Waals surface area contributed by atoms with Crippen LogP contribution in [0.3, 0.4) is 0 Å². The number of rotatable bonds is 3. The fourth-order valence-electron chi connectivity index (χ4n) is 4.53. The third-order valence-electron chi connectivity index (χ3n) is 5.86. The van der Waals surface area contributed by atoms with Gasteiger partial charge in [0.15, 0.2) is 5.78 Å². The smallest absolute Gasteiger partial charge is 0.161 e. The molecule has 7 heteroatoms. The highest BCUT2D eigenvalue weighted by Gasteiger charge is 2.41. The highest BCUT2D eigenvalue weighted by Crippen LogP contribution is 2.47. The Morgan fingerprint density at radius 2 is 1.97 bits per heavy atom. The monoisotopic (exact) mass is 408 g/mol. The van der Waals surface area contributed by atoms with Crippen molar-refractivity contribution >= 4 is 11.5 Å². The molecule has 3 heterocycles. The average Bonchev–Trinajstić information content (AvgIpc) is 3.29. The Hall–Kier alpha value is -4.18. The van der Waals surface area contributed by atoms with E-state index in [9.17, 15) is 10.1 Å². The van der Waals surface area contributed by atoms with Gasteiger partial charge in [-0.05, 0) is 30.5 Å². The summed E-state index contributed by atoms with van der Waals surface area (Å²) in [5.74, 6) is -0.190. The minimum Gasteiger partial charge on any atom is -0.384 e. The lowest BCUT2D eigenvalue weighted by Gasteiger charge is -2.39. The highest BCUT2D eigenvalue weighted by molar-refractivity contribution is 6.01. The Kier molecular flexibility index (Phi) is 4.60. The molecule has 7 nitrogen and oxygen atoms in total. The van der Waals surface area contributed by atoms with Crippen molar-refractivity contribution in [2.24, 2.45) is 5.73 Å². The van der Waals surface area contributed by atoms with Gasteiger partial charge < -0.3 is 5.73 Å². The summed E-state index contributed by atoms with van der Waals surface area (Å²) >= 11 is 0. The molecule has 2 aliphatic rings. The van der Waals surface area contributed by atoms with Crippen molar-refractivity contribution in [1.29, 1.82) is 5.26 Å². The third kappa shape index (κ3) is 3.01. The number of H-pyrrole nitrogens is 1. The van der Waals surface area contributed by atoms with Gasteiger partial charge in [0, 0.05) is 29.5 Å². The molecule has 1 atom stereocenters. The first-order valence-electron chi connectivity index (χ1n) is 10.2. The Bertz CT molecular complexity index is 1250. The van der Waals surface area contributed by atoms with Gasteiger partial charge in [-0.2, -0.15) is 10.4 Å². The van der Waals surface area contributed by atoms with E-state index in [0.717, 1.165) is 34.6 Å². The number of ketones is 1. The molecule has 0 bridgehead atoms. The normalized spacial score (nSPS) is 18.7. The Balaban J connectivity index is 1.75. The van der Waals surface area contributed by atoms with Gasteiger partial charge in [-0.25, -0.2) is 0 Å².